The zero-order chi connectivity index (χ0) is 13.5. The molecule has 0 rings (SSSR count). The van der Waals surface area contributed by atoms with Crippen molar-refractivity contribution >= 4 is 5.91 Å². The second-order valence-electron chi connectivity index (χ2n) is 3.45. The lowest BCUT2D eigenvalue weighted by molar-refractivity contribution is -0.125. The molecule has 0 atom stereocenters. The molecule has 17 heavy (non-hydrogen) atoms. The quantitative estimate of drug-likeness (QED) is 0.592. The Hall–Kier alpha value is -0.650. The van der Waals surface area contributed by atoms with Gasteiger partial charge in [-0.05, 0) is 0 Å². The van der Waals surface area contributed by atoms with Gasteiger partial charge in [0, 0.05) is 19.6 Å². The van der Waals surface area contributed by atoms with E-state index < -0.39 is 0 Å². The SMILES string of the molecule is CC.CNC(=O)COCCOCCNC(C)C. The van der Waals surface area contributed by atoms with Gasteiger partial charge in [-0.2, -0.15) is 0 Å². The number of hydrogen-bond donors (Lipinski definition) is 2. The molecule has 0 spiro atoms. The van der Waals surface area contributed by atoms with Gasteiger partial charge in [-0.1, -0.05) is 27.7 Å². The summed E-state index contributed by atoms with van der Waals surface area (Å²) in [6, 6.07) is 0.484. The van der Waals surface area contributed by atoms with E-state index in [1.807, 2.05) is 13.8 Å². The largest absolute Gasteiger partial charge is 0.378 e. The highest BCUT2D eigenvalue weighted by Gasteiger charge is 1.96. The number of rotatable bonds is 9. The summed E-state index contributed by atoms with van der Waals surface area (Å²) in [6.45, 7) is 10.8. The van der Waals surface area contributed by atoms with Gasteiger partial charge in [-0.25, -0.2) is 0 Å². The Bertz CT molecular complexity index is 164. The van der Waals surface area contributed by atoms with Gasteiger partial charge < -0.3 is 20.1 Å². The van der Waals surface area contributed by atoms with Crippen LogP contribution in [0.5, 0.6) is 0 Å². The molecule has 0 aliphatic rings. The third kappa shape index (κ3) is 17.9. The second kappa shape index (κ2) is 15.4. The Labute approximate surface area is 105 Å². The molecule has 0 aromatic rings. The molecular weight excluding hydrogens is 220 g/mol. The minimum atomic E-state index is -0.114. The normalized spacial score (nSPS) is 9.76. The smallest absolute Gasteiger partial charge is 0.245 e. The standard InChI is InChI=1S/C10H22N2O3.C2H6/c1-9(2)12-4-5-14-6-7-15-8-10(13)11-3;1-2/h9,12H,4-8H2,1-3H3,(H,11,13);1-2H3. The van der Waals surface area contributed by atoms with Gasteiger partial charge in [0.25, 0.3) is 0 Å². The maximum absolute atomic E-state index is 10.7. The summed E-state index contributed by atoms with van der Waals surface area (Å²) in [5.41, 5.74) is 0. The zero-order valence-corrected chi connectivity index (χ0v) is 11.8. The minimum absolute atomic E-state index is 0.101. The van der Waals surface area contributed by atoms with Crippen molar-refractivity contribution in [1.29, 1.82) is 0 Å². The average Bonchev–Trinajstić information content (AvgIpc) is 2.34. The van der Waals surface area contributed by atoms with Gasteiger partial charge in [0.05, 0.1) is 19.8 Å². The van der Waals surface area contributed by atoms with Crippen molar-refractivity contribution < 1.29 is 14.3 Å². The fraction of sp³-hybridized carbons (Fsp3) is 0.917. The highest BCUT2D eigenvalue weighted by Crippen LogP contribution is 1.80. The van der Waals surface area contributed by atoms with E-state index in [2.05, 4.69) is 24.5 Å². The molecule has 104 valence electrons. The Balaban J connectivity index is 0. The van der Waals surface area contributed by atoms with Crippen molar-refractivity contribution in [3.05, 3.63) is 0 Å². The molecule has 0 radical (unpaired) electrons. The summed E-state index contributed by atoms with van der Waals surface area (Å²) < 4.78 is 10.3. The van der Waals surface area contributed by atoms with Crippen molar-refractivity contribution in [3.63, 3.8) is 0 Å². The number of ether oxygens (including phenoxy) is 2. The molecule has 0 unspecified atom stereocenters. The first kappa shape index (κ1) is 18.7. The van der Waals surface area contributed by atoms with Crippen LogP contribution >= 0.6 is 0 Å². The van der Waals surface area contributed by atoms with E-state index in [9.17, 15) is 4.79 Å². The lowest BCUT2D eigenvalue weighted by Crippen LogP contribution is -2.27. The molecule has 1 amide bonds. The number of carbonyl (C=O) groups is 1. The van der Waals surface area contributed by atoms with E-state index in [-0.39, 0.29) is 12.5 Å². The van der Waals surface area contributed by atoms with Crippen LogP contribution in [0.1, 0.15) is 27.7 Å². The molecule has 5 nitrogen and oxygen atoms in total. The monoisotopic (exact) mass is 248 g/mol. The number of carbonyl (C=O) groups excluding carboxylic acids is 1. The molecule has 0 aromatic carbocycles. The summed E-state index contributed by atoms with van der Waals surface area (Å²) in [5, 5.41) is 5.71. The van der Waals surface area contributed by atoms with Crippen LogP contribution in [-0.4, -0.2) is 52.0 Å². The van der Waals surface area contributed by atoms with E-state index in [0.29, 0.717) is 25.9 Å². The van der Waals surface area contributed by atoms with Crippen LogP contribution in [-0.2, 0) is 14.3 Å². The molecule has 0 saturated carbocycles. The first-order valence-corrected chi connectivity index (χ1v) is 6.26. The van der Waals surface area contributed by atoms with Gasteiger partial charge in [-0.15, -0.1) is 0 Å². The average molecular weight is 248 g/mol. The van der Waals surface area contributed by atoms with E-state index in [1.54, 1.807) is 7.05 Å². The van der Waals surface area contributed by atoms with E-state index >= 15 is 0 Å². The predicted octanol–water partition coefficient (Wildman–Crippen LogP) is 0.790. The van der Waals surface area contributed by atoms with Crippen molar-refractivity contribution in [3.8, 4) is 0 Å². The summed E-state index contributed by atoms with van der Waals surface area (Å²) in [4.78, 5) is 10.7. The fourth-order valence-corrected chi connectivity index (χ4v) is 0.877. The fourth-order valence-electron chi connectivity index (χ4n) is 0.877. The molecule has 5 heteroatoms. The highest BCUT2D eigenvalue weighted by molar-refractivity contribution is 5.76. The van der Waals surface area contributed by atoms with Crippen molar-refractivity contribution in [2.75, 3.05) is 40.0 Å². The molecule has 0 aromatic heterocycles. The molecular formula is C12H28N2O3. The van der Waals surface area contributed by atoms with Crippen LogP contribution in [0.15, 0.2) is 0 Å². The number of nitrogens with one attached hydrogen (secondary N) is 2. The maximum Gasteiger partial charge on any atom is 0.245 e. The lowest BCUT2D eigenvalue weighted by Gasteiger charge is -2.08. The third-order valence-corrected chi connectivity index (χ3v) is 1.68. The molecule has 0 aliphatic carbocycles. The molecule has 0 bridgehead atoms. The van der Waals surface area contributed by atoms with Gasteiger partial charge in [0.1, 0.15) is 6.61 Å². The van der Waals surface area contributed by atoms with Crippen LogP contribution in [0.25, 0.3) is 0 Å². The minimum Gasteiger partial charge on any atom is -0.378 e. The molecule has 0 heterocycles. The predicted molar refractivity (Wildman–Crippen MR) is 70.2 cm³/mol. The number of amides is 1. The summed E-state index contributed by atoms with van der Waals surface area (Å²) in [6.07, 6.45) is 0. The van der Waals surface area contributed by atoms with Gasteiger partial charge in [0.2, 0.25) is 5.91 Å². The van der Waals surface area contributed by atoms with E-state index in [1.165, 1.54) is 0 Å². The Morgan fingerprint density at radius 3 is 2.24 bits per heavy atom. The zero-order valence-electron chi connectivity index (χ0n) is 11.8. The van der Waals surface area contributed by atoms with Gasteiger partial charge in [0.15, 0.2) is 0 Å². The van der Waals surface area contributed by atoms with Crippen LogP contribution in [0.4, 0.5) is 0 Å². The summed E-state index contributed by atoms with van der Waals surface area (Å²) in [5.74, 6) is -0.114. The van der Waals surface area contributed by atoms with E-state index in [0.717, 1.165) is 6.54 Å². The molecule has 0 fully saturated rings. The van der Waals surface area contributed by atoms with Gasteiger partial charge >= 0.3 is 0 Å². The van der Waals surface area contributed by atoms with Gasteiger partial charge in [-0.3, -0.25) is 4.79 Å². The van der Waals surface area contributed by atoms with Crippen LogP contribution in [0, 0.1) is 0 Å². The lowest BCUT2D eigenvalue weighted by atomic mass is 10.4. The Morgan fingerprint density at radius 1 is 1.12 bits per heavy atom. The van der Waals surface area contributed by atoms with Crippen molar-refractivity contribution in [1.82, 2.24) is 10.6 Å². The van der Waals surface area contributed by atoms with Crippen molar-refractivity contribution in [2.24, 2.45) is 0 Å². The summed E-state index contributed by atoms with van der Waals surface area (Å²) >= 11 is 0. The van der Waals surface area contributed by atoms with Crippen molar-refractivity contribution in [2.45, 2.75) is 33.7 Å². The number of hydrogen-bond acceptors (Lipinski definition) is 4. The molecule has 0 saturated heterocycles. The topological polar surface area (TPSA) is 59.6 Å². The molecule has 0 aliphatic heterocycles. The maximum atomic E-state index is 10.7. The molecule has 2 N–H and O–H groups in total. The van der Waals surface area contributed by atoms with E-state index in [4.69, 9.17) is 9.47 Å². The van der Waals surface area contributed by atoms with Crippen LogP contribution in [0.2, 0.25) is 0 Å². The first-order valence-electron chi connectivity index (χ1n) is 6.26. The van der Waals surface area contributed by atoms with Crippen LogP contribution < -0.4 is 10.6 Å². The first-order chi connectivity index (χ1) is 8.16. The highest BCUT2D eigenvalue weighted by atomic mass is 16.5. The Kier molecular flexibility index (Phi) is 16.9. The third-order valence-electron chi connectivity index (χ3n) is 1.68. The summed E-state index contributed by atoms with van der Waals surface area (Å²) in [7, 11) is 1.58. The Morgan fingerprint density at radius 2 is 1.71 bits per heavy atom. The number of likely N-dealkylation sites (N-methyl/N-ethyl adjacent to an activating group) is 1. The second-order valence-corrected chi connectivity index (χ2v) is 3.45. The van der Waals surface area contributed by atoms with Crippen LogP contribution in [0.3, 0.4) is 0 Å².